The molecule has 1 aliphatic heterocycles. The largest absolute Gasteiger partial charge is 0.433 e. The Morgan fingerprint density at radius 3 is 2.66 bits per heavy atom. The van der Waals surface area contributed by atoms with Gasteiger partial charge in [-0.2, -0.15) is 18.3 Å². The summed E-state index contributed by atoms with van der Waals surface area (Å²) < 4.78 is 45.4. The molecule has 0 spiro atoms. The lowest BCUT2D eigenvalue weighted by molar-refractivity contribution is -0.141. The Balaban J connectivity index is 1.62. The maximum absolute atomic E-state index is 12.9. The Labute approximate surface area is 162 Å². The fraction of sp³-hybridized carbons (Fsp3) is 0.278. The van der Waals surface area contributed by atoms with E-state index in [9.17, 15) is 18.0 Å². The number of anilines is 1. The van der Waals surface area contributed by atoms with Crippen molar-refractivity contribution in [3.8, 4) is 11.3 Å². The summed E-state index contributed by atoms with van der Waals surface area (Å²) in [5, 5.41) is 7.32. The van der Waals surface area contributed by atoms with Gasteiger partial charge in [-0.05, 0) is 18.2 Å². The molecule has 150 valence electrons. The summed E-state index contributed by atoms with van der Waals surface area (Å²) in [6.07, 6.45) is -0.515. The lowest BCUT2D eigenvalue weighted by atomic mass is 10.1. The van der Waals surface area contributed by atoms with Gasteiger partial charge in [-0.3, -0.25) is 9.78 Å². The van der Waals surface area contributed by atoms with Crippen LogP contribution in [0, 0.1) is 0 Å². The van der Waals surface area contributed by atoms with Gasteiger partial charge >= 0.3 is 6.18 Å². The molecule has 2 atom stereocenters. The van der Waals surface area contributed by atoms with Gasteiger partial charge in [-0.25, -0.2) is 14.6 Å². The Bertz CT molecular complexity index is 1060. The second-order valence-corrected chi connectivity index (χ2v) is 6.38. The normalized spacial score (nSPS) is 19.3. The third kappa shape index (κ3) is 4.09. The maximum Gasteiger partial charge on any atom is 0.433 e. The minimum Gasteiger partial charge on any atom is -0.377 e. The lowest BCUT2D eigenvalue weighted by Crippen LogP contribution is -2.37. The molecule has 8 nitrogen and oxygen atoms in total. The topological polar surface area (TPSA) is 94.8 Å². The van der Waals surface area contributed by atoms with Gasteiger partial charge in [0.1, 0.15) is 23.9 Å². The first-order valence-electron chi connectivity index (χ1n) is 8.65. The highest BCUT2D eigenvalue weighted by Gasteiger charge is 2.35. The molecule has 1 fully saturated rings. The fourth-order valence-electron chi connectivity index (χ4n) is 3.04. The van der Waals surface area contributed by atoms with E-state index in [1.165, 1.54) is 10.7 Å². The first-order chi connectivity index (χ1) is 13.9. The highest BCUT2D eigenvalue weighted by atomic mass is 19.4. The maximum atomic E-state index is 12.9. The van der Waals surface area contributed by atoms with Crippen LogP contribution in [0.2, 0.25) is 0 Å². The second kappa shape index (κ2) is 7.59. The van der Waals surface area contributed by atoms with Crippen molar-refractivity contribution in [2.75, 3.05) is 18.5 Å². The summed E-state index contributed by atoms with van der Waals surface area (Å²) in [5.41, 5.74) is -0.0500. The van der Waals surface area contributed by atoms with Gasteiger partial charge in [0.05, 0.1) is 24.9 Å². The number of aromatic nitrogens is 5. The molecule has 1 saturated heterocycles. The molecule has 0 saturated carbocycles. The molecule has 29 heavy (non-hydrogen) atoms. The molecule has 4 heterocycles. The van der Waals surface area contributed by atoms with Crippen LogP contribution in [0.5, 0.6) is 0 Å². The van der Waals surface area contributed by atoms with Crippen LogP contribution in [0.1, 0.15) is 11.7 Å². The van der Waals surface area contributed by atoms with Gasteiger partial charge in [0.15, 0.2) is 0 Å². The Hall–Kier alpha value is -3.34. The van der Waals surface area contributed by atoms with Crippen LogP contribution in [-0.4, -0.2) is 44.0 Å². The number of halogens is 3. The summed E-state index contributed by atoms with van der Waals surface area (Å²) in [4.78, 5) is 23.4. The average Bonchev–Trinajstić information content (AvgIpc) is 3.16. The summed E-state index contributed by atoms with van der Waals surface area (Å²) in [6.45, 7) is 0.366. The molecule has 0 aliphatic carbocycles. The van der Waals surface area contributed by atoms with Crippen LogP contribution in [0.15, 0.2) is 53.8 Å². The third-order valence-electron chi connectivity index (χ3n) is 4.46. The van der Waals surface area contributed by atoms with E-state index < -0.39 is 24.0 Å². The van der Waals surface area contributed by atoms with Crippen molar-refractivity contribution in [1.29, 1.82) is 0 Å². The zero-order chi connectivity index (χ0) is 20.4. The van der Waals surface area contributed by atoms with Crippen molar-refractivity contribution < 1.29 is 17.9 Å². The first kappa shape index (κ1) is 19.0. The van der Waals surface area contributed by atoms with E-state index in [4.69, 9.17) is 4.74 Å². The fourth-order valence-corrected chi connectivity index (χ4v) is 3.04. The van der Waals surface area contributed by atoms with E-state index in [0.29, 0.717) is 5.69 Å². The molecule has 1 aliphatic rings. The first-order valence-corrected chi connectivity index (χ1v) is 8.65. The quantitative estimate of drug-likeness (QED) is 0.712. The van der Waals surface area contributed by atoms with Crippen LogP contribution < -0.4 is 10.9 Å². The summed E-state index contributed by atoms with van der Waals surface area (Å²) in [7, 11) is 0. The van der Waals surface area contributed by atoms with Gasteiger partial charge in [0.25, 0.3) is 5.56 Å². The zero-order valence-electron chi connectivity index (χ0n) is 14.9. The number of hydrogen-bond donors (Lipinski definition) is 1. The van der Waals surface area contributed by atoms with E-state index >= 15 is 0 Å². The summed E-state index contributed by atoms with van der Waals surface area (Å²) >= 11 is 0. The van der Waals surface area contributed by atoms with Gasteiger partial charge in [-0.1, -0.05) is 0 Å². The van der Waals surface area contributed by atoms with Crippen molar-refractivity contribution in [1.82, 2.24) is 24.7 Å². The molecule has 0 radical (unpaired) electrons. The Morgan fingerprint density at radius 1 is 1.10 bits per heavy atom. The Morgan fingerprint density at radius 2 is 1.90 bits per heavy atom. The van der Waals surface area contributed by atoms with Crippen molar-refractivity contribution >= 4 is 5.82 Å². The Kier molecular flexibility index (Phi) is 4.97. The number of nitrogens with one attached hydrogen (secondary N) is 1. The van der Waals surface area contributed by atoms with E-state index in [1.54, 1.807) is 30.6 Å². The molecule has 1 N–H and O–H groups in total. The number of hydrogen-bond acceptors (Lipinski definition) is 7. The number of alkyl halides is 3. The monoisotopic (exact) mass is 404 g/mol. The molecular weight excluding hydrogens is 389 g/mol. The second-order valence-electron chi connectivity index (χ2n) is 6.38. The molecule has 3 aromatic rings. The predicted octanol–water partition coefficient (Wildman–Crippen LogP) is 2.17. The number of ether oxygens (including phenoxy) is 1. The molecule has 0 bridgehead atoms. The minimum absolute atomic E-state index is 0.00818. The predicted molar refractivity (Wildman–Crippen MR) is 96.0 cm³/mol. The number of nitrogens with zero attached hydrogens (tertiary/aromatic N) is 5. The van der Waals surface area contributed by atoms with Crippen molar-refractivity contribution in [3.05, 3.63) is 65.1 Å². The van der Waals surface area contributed by atoms with Crippen molar-refractivity contribution in [2.45, 2.75) is 18.3 Å². The molecule has 3 aromatic heterocycles. The molecule has 0 aromatic carbocycles. The summed E-state index contributed by atoms with van der Waals surface area (Å²) in [6, 6.07) is 6.32. The van der Waals surface area contributed by atoms with E-state index in [-0.39, 0.29) is 24.6 Å². The smallest absolute Gasteiger partial charge is 0.377 e. The minimum atomic E-state index is -4.58. The third-order valence-corrected chi connectivity index (χ3v) is 4.46. The zero-order valence-corrected chi connectivity index (χ0v) is 14.9. The van der Waals surface area contributed by atoms with E-state index in [2.05, 4.69) is 25.4 Å². The van der Waals surface area contributed by atoms with Crippen LogP contribution >= 0.6 is 0 Å². The number of pyridine rings is 1. The van der Waals surface area contributed by atoms with Crippen LogP contribution in [0.25, 0.3) is 11.3 Å². The molecular formula is C18H15F3N6O2. The van der Waals surface area contributed by atoms with E-state index in [0.717, 1.165) is 18.0 Å². The van der Waals surface area contributed by atoms with Crippen LogP contribution in [0.4, 0.5) is 19.0 Å². The van der Waals surface area contributed by atoms with Gasteiger partial charge in [-0.15, -0.1) is 0 Å². The highest BCUT2D eigenvalue weighted by Crippen LogP contribution is 2.29. The van der Waals surface area contributed by atoms with Crippen LogP contribution in [-0.2, 0) is 10.9 Å². The van der Waals surface area contributed by atoms with Gasteiger partial charge in [0, 0.05) is 30.1 Å². The average molecular weight is 404 g/mol. The molecule has 11 heteroatoms. The standard InChI is InChI=1S/C18H15F3N6O2/c19-18(20,21)15-7-16(24-10-23-15)25-13-8-29-9-14(13)27-17(28)2-1-12(26-27)11-3-5-22-6-4-11/h1-7,10,13-14H,8-9H2,(H,23,24,25). The SMILES string of the molecule is O=c1ccc(-c2ccncc2)nn1C1COCC1Nc1cc(C(F)(F)F)ncn1. The van der Waals surface area contributed by atoms with Crippen LogP contribution in [0.3, 0.4) is 0 Å². The van der Waals surface area contributed by atoms with E-state index in [1.807, 2.05) is 0 Å². The van der Waals surface area contributed by atoms with Crippen molar-refractivity contribution in [3.63, 3.8) is 0 Å². The molecule has 0 amide bonds. The summed E-state index contributed by atoms with van der Waals surface area (Å²) in [5.74, 6) is -0.00818. The highest BCUT2D eigenvalue weighted by molar-refractivity contribution is 5.57. The van der Waals surface area contributed by atoms with Gasteiger partial charge < -0.3 is 10.1 Å². The molecule has 4 rings (SSSR count). The van der Waals surface area contributed by atoms with Gasteiger partial charge in [0.2, 0.25) is 0 Å². The molecule has 2 unspecified atom stereocenters. The van der Waals surface area contributed by atoms with Crippen molar-refractivity contribution in [2.24, 2.45) is 0 Å². The lowest BCUT2D eigenvalue weighted by Gasteiger charge is -2.21. The number of rotatable bonds is 4.